The first-order valence-corrected chi connectivity index (χ1v) is 9.97. The third kappa shape index (κ3) is 4.35. The summed E-state index contributed by atoms with van der Waals surface area (Å²) in [4.78, 5) is 22.6. The molecule has 2 N–H and O–H groups in total. The highest BCUT2D eigenvalue weighted by Crippen LogP contribution is 2.37. The van der Waals surface area contributed by atoms with E-state index >= 15 is 0 Å². The van der Waals surface area contributed by atoms with Gasteiger partial charge in [-0.15, -0.1) is 11.3 Å². The number of thiophene rings is 1. The maximum atomic E-state index is 12.6. The van der Waals surface area contributed by atoms with Gasteiger partial charge in [0.05, 0.1) is 18.0 Å². The first kappa shape index (κ1) is 18.9. The molecule has 0 saturated carbocycles. The lowest BCUT2D eigenvalue weighted by atomic mass is 10.0. The van der Waals surface area contributed by atoms with Crippen LogP contribution >= 0.6 is 11.3 Å². The molecule has 7 heteroatoms. The van der Waals surface area contributed by atoms with Crippen LogP contribution in [0.5, 0.6) is 0 Å². The molecule has 1 amide bonds. The van der Waals surface area contributed by atoms with Gasteiger partial charge < -0.3 is 15.1 Å². The summed E-state index contributed by atoms with van der Waals surface area (Å²) in [6.45, 7) is 4.03. The van der Waals surface area contributed by atoms with E-state index in [1.54, 1.807) is 24.5 Å². The second kappa shape index (κ2) is 8.28. The second-order valence-corrected chi connectivity index (χ2v) is 7.88. The standard InChI is InChI=1S/C22H20N4O2S/c1-14-8-10-24-19(12-14)25-20(17-6-3-4-9-23-17)16-13-15(2)29-22(16)26-21(27)18-7-5-11-28-18/h3-13,20H,1-2H3,(H,24,25)(H,26,27)/t20-/m1/s1. The van der Waals surface area contributed by atoms with E-state index in [-0.39, 0.29) is 17.7 Å². The molecule has 0 radical (unpaired) electrons. The Kier molecular flexibility index (Phi) is 5.39. The largest absolute Gasteiger partial charge is 0.459 e. The molecule has 0 aliphatic carbocycles. The molecule has 0 aliphatic rings. The number of aryl methyl sites for hydroxylation is 2. The molecule has 29 heavy (non-hydrogen) atoms. The Morgan fingerprint density at radius 2 is 1.97 bits per heavy atom. The average molecular weight is 404 g/mol. The van der Waals surface area contributed by atoms with Gasteiger partial charge >= 0.3 is 0 Å². The van der Waals surface area contributed by atoms with Crippen molar-refractivity contribution < 1.29 is 9.21 Å². The van der Waals surface area contributed by atoms with Crippen molar-refractivity contribution in [1.82, 2.24) is 9.97 Å². The van der Waals surface area contributed by atoms with Gasteiger partial charge in [0.25, 0.3) is 5.91 Å². The maximum absolute atomic E-state index is 12.6. The number of furan rings is 1. The summed E-state index contributed by atoms with van der Waals surface area (Å²) in [5.41, 5.74) is 2.87. The highest BCUT2D eigenvalue weighted by molar-refractivity contribution is 7.16. The van der Waals surface area contributed by atoms with Gasteiger partial charge in [-0.25, -0.2) is 4.98 Å². The van der Waals surface area contributed by atoms with Crippen molar-refractivity contribution in [2.24, 2.45) is 0 Å². The summed E-state index contributed by atoms with van der Waals surface area (Å²) in [5, 5.41) is 7.20. The third-order valence-electron chi connectivity index (χ3n) is 4.36. The molecule has 4 heterocycles. The smallest absolute Gasteiger partial charge is 0.291 e. The van der Waals surface area contributed by atoms with E-state index in [4.69, 9.17) is 4.42 Å². The maximum Gasteiger partial charge on any atom is 0.291 e. The van der Waals surface area contributed by atoms with Crippen LogP contribution in [0.2, 0.25) is 0 Å². The average Bonchev–Trinajstić information content (AvgIpc) is 3.37. The van der Waals surface area contributed by atoms with Gasteiger partial charge in [-0.3, -0.25) is 9.78 Å². The molecule has 4 aromatic rings. The number of carbonyl (C=O) groups is 1. The molecule has 0 spiro atoms. The molecular weight excluding hydrogens is 384 g/mol. The van der Waals surface area contributed by atoms with E-state index < -0.39 is 0 Å². The SMILES string of the molecule is Cc1ccnc(N[C@@H](c2ccccn2)c2cc(C)sc2NC(=O)c2ccco2)c1. The predicted octanol–water partition coefficient (Wildman–Crippen LogP) is 5.20. The molecule has 146 valence electrons. The van der Waals surface area contributed by atoms with Crippen molar-refractivity contribution in [1.29, 1.82) is 0 Å². The highest BCUT2D eigenvalue weighted by atomic mass is 32.1. The summed E-state index contributed by atoms with van der Waals surface area (Å²) in [6, 6.07) is 14.8. The summed E-state index contributed by atoms with van der Waals surface area (Å²) >= 11 is 1.51. The zero-order valence-electron chi connectivity index (χ0n) is 16.0. The van der Waals surface area contributed by atoms with E-state index in [0.717, 1.165) is 32.5 Å². The van der Waals surface area contributed by atoms with Crippen LogP contribution in [-0.2, 0) is 0 Å². The van der Waals surface area contributed by atoms with E-state index in [9.17, 15) is 4.79 Å². The first-order valence-electron chi connectivity index (χ1n) is 9.15. The lowest BCUT2D eigenvalue weighted by Gasteiger charge is -2.20. The number of nitrogens with zero attached hydrogens (tertiary/aromatic N) is 2. The molecule has 0 unspecified atom stereocenters. The second-order valence-electron chi connectivity index (χ2n) is 6.62. The summed E-state index contributed by atoms with van der Waals surface area (Å²) in [7, 11) is 0. The van der Waals surface area contributed by atoms with Crippen molar-refractivity contribution in [3.8, 4) is 0 Å². The Balaban J connectivity index is 1.72. The molecule has 0 aliphatic heterocycles. The molecule has 6 nitrogen and oxygen atoms in total. The quantitative estimate of drug-likeness (QED) is 0.462. The number of hydrogen-bond acceptors (Lipinski definition) is 6. The number of rotatable bonds is 6. The number of nitrogens with one attached hydrogen (secondary N) is 2. The van der Waals surface area contributed by atoms with Crippen molar-refractivity contribution in [3.05, 3.63) is 94.6 Å². The van der Waals surface area contributed by atoms with Gasteiger partial charge in [0.15, 0.2) is 5.76 Å². The third-order valence-corrected chi connectivity index (χ3v) is 5.34. The fourth-order valence-corrected chi connectivity index (χ4v) is 3.99. The van der Waals surface area contributed by atoms with Crippen molar-refractivity contribution in [3.63, 3.8) is 0 Å². The van der Waals surface area contributed by atoms with Gasteiger partial charge in [-0.2, -0.15) is 0 Å². The number of amides is 1. The summed E-state index contributed by atoms with van der Waals surface area (Å²) < 4.78 is 5.22. The molecule has 4 aromatic heterocycles. The Hall–Kier alpha value is -3.45. The van der Waals surface area contributed by atoms with Crippen LogP contribution < -0.4 is 10.6 Å². The monoisotopic (exact) mass is 404 g/mol. The molecule has 0 bridgehead atoms. The van der Waals surface area contributed by atoms with Gasteiger partial charge in [-0.1, -0.05) is 6.07 Å². The van der Waals surface area contributed by atoms with Gasteiger partial charge in [0.1, 0.15) is 10.8 Å². The van der Waals surface area contributed by atoms with Crippen LogP contribution in [0.1, 0.15) is 38.3 Å². The fourth-order valence-electron chi connectivity index (χ4n) is 3.04. The van der Waals surface area contributed by atoms with Crippen LogP contribution in [0.3, 0.4) is 0 Å². The van der Waals surface area contributed by atoms with E-state index in [2.05, 4.69) is 26.7 Å². The van der Waals surface area contributed by atoms with Crippen LogP contribution in [0.25, 0.3) is 0 Å². The number of carbonyl (C=O) groups excluding carboxylic acids is 1. The summed E-state index contributed by atoms with van der Waals surface area (Å²) in [6.07, 6.45) is 5.01. The van der Waals surface area contributed by atoms with E-state index in [1.807, 2.05) is 44.2 Å². The van der Waals surface area contributed by atoms with Gasteiger partial charge in [0.2, 0.25) is 0 Å². The van der Waals surface area contributed by atoms with Gasteiger partial charge in [-0.05, 0) is 61.9 Å². The number of anilines is 2. The highest BCUT2D eigenvalue weighted by Gasteiger charge is 2.23. The van der Waals surface area contributed by atoms with E-state index in [0.29, 0.717) is 0 Å². The Morgan fingerprint density at radius 1 is 1.07 bits per heavy atom. The minimum Gasteiger partial charge on any atom is -0.459 e. The lowest BCUT2D eigenvalue weighted by Crippen LogP contribution is -2.17. The molecule has 1 atom stereocenters. The normalized spacial score (nSPS) is 11.8. The molecular formula is C22H20N4O2S. The fraction of sp³-hybridized carbons (Fsp3) is 0.136. The van der Waals surface area contributed by atoms with Crippen molar-refractivity contribution in [2.45, 2.75) is 19.9 Å². The minimum atomic E-state index is -0.286. The zero-order valence-corrected chi connectivity index (χ0v) is 16.9. The molecule has 4 rings (SSSR count). The van der Waals surface area contributed by atoms with Crippen LogP contribution in [0.4, 0.5) is 10.8 Å². The van der Waals surface area contributed by atoms with Crippen LogP contribution in [0, 0.1) is 13.8 Å². The lowest BCUT2D eigenvalue weighted by molar-refractivity contribution is 0.0997. The number of pyridine rings is 2. The van der Waals surface area contributed by atoms with Crippen molar-refractivity contribution >= 4 is 28.1 Å². The Bertz CT molecular complexity index is 1110. The summed E-state index contributed by atoms with van der Waals surface area (Å²) in [5.74, 6) is 0.726. The Labute approximate surface area is 172 Å². The number of hydrogen-bond donors (Lipinski definition) is 2. The molecule has 0 fully saturated rings. The first-order chi connectivity index (χ1) is 14.1. The topological polar surface area (TPSA) is 80.0 Å². The van der Waals surface area contributed by atoms with Crippen LogP contribution in [-0.4, -0.2) is 15.9 Å². The van der Waals surface area contributed by atoms with E-state index in [1.165, 1.54) is 17.6 Å². The molecule has 0 saturated heterocycles. The zero-order chi connectivity index (χ0) is 20.2. The predicted molar refractivity (Wildman–Crippen MR) is 114 cm³/mol. The minimum absolute atomic E-state index is 0.268. The Morgan fingerprint density at radius 3 is 2.69 bits per heavy atom. The number of aromatic nitrogens is 2. The van der Waals surface area contributed by atoms with Gasteiger partial charge in [0, 0.05) is 22.8 Å². The van der Waals surface area contributed by atoms with Crippen LogP contribution in [0.15, 0.2) is 71.6 Å². The molecule has 0 aromatic carbocycles. The van der Waals surface area contributed by atoms with Crippen molar-refractivity contribution in [2.75, 3.05) is 10.6 Å².